The molecule has 0 saturated heterocycles. The molecular formula is C21H23N3O3. The first kappa shape index (κ1) is 18.6. The highest BCUT2D eigenvalue weighted by Crippen LogP contribution is 2.35. The molecule has 1 heterocycles. The van der Waals surface area contributed by atoms with E-state index in [1.54, 1.807) is 26.1 Å². The Morgan fingerprint density at radius 1 is 1.22 bits per heavy atom. The zero-order chi connectivity index (χ0) is 19.6. The first-order chi connectivity index (χ1) is 12.8. The van der Waals surface area contributed by atoms with Crippen LogP contribution in [0.15, 0.2) is 53.5 Å². The van der Waals surface area contributed by atoms with Gasteiger partial charge in [0.25, 0.3) is 0 Å². The van der Waals surface area contributed by atoms with E-state index >= 15 is 0 Å². The number of aliphatic imine (C=N–C) groups is 1. The standard InChI is InChI=1S/C21H23N3O3/c1-4-27-19(26)15-10-8-14(9-11-15)16-6-5-7-17(12-16)21(2)13-18(25)24(3)20(22)23-21/h5-12H,4,13H2,1-3H3,(H2,22,23). The van der Waals surface area contributed by atoms with Gasteiger partial charge in [-0.1, -0.05) is 30.3 Å². The van der Waals surface area contributed by atoms with Crippen LogP contribution in [0.25, 0.3) is 11.1 Å². The minimum Gasteiger partial charge on any atom is -0.462 e. The molecule has 0 aliphatic carbocycles. The minimum atomic E-state index is -0.700. The van der Waals surface area contributed by atoms with Crippen molar-refractivity contribution in [3.63, 3.8) is 0 Å². The number of benzene rings is 2. The molecule has 6 heteroatoms. The van der Waals surface area contributed by atoms with Gasteiger partial charge in [-0.15, -0.1) is 0 Å². The summed E-state index contributed by atoms with van der Waals surface area (Å²) in [6, 6.07) is 15.1. The molecule has 0 fully saturated rings. The minimum absolute atomic E-state index is 0.0609. The summed E-state index contributed by atoms with van der Waals surface area (Å²) < 4.78 is 5.01. The lowest BCUT2D eigenvalue weighted by Crippen LogP contribution is -2.47. The average Bonchev–Trinajstić information content (AvgIpc) is 2.66. The molecule has 2 aromatic carbocycles. The maximum Gasteiger partial charge on any atom is 0.338 e. The van der Waals surface area contributed by atoms with Crippen molar-refractivity contribution in [3.8, 4) is 11.1 Å². The van der Waals surface area contributed by atoms with Gasteiger partial charge in [0, 0.05) is 7.05 Å². The number of esters is 1. The van der Waals surface area contributed by atoms with E-state index in [0.29, 0.717) is 12.2 Å². The Morgan fingerprint density at radius 2 is 1.93 bits per heavy atom. The second-order valence-corrected chi connectivity index (χ2v) is 6.75. The summed E-state index contributed by atoms with van der Waals surface area (Å²) >= 11 is 0. The molecule has 0 bridgehead atoms. The van der Waals surface area contributed by atoms with E-state index < -0.39 is 5.54 Å². The number of carbonyl (C=O) groups is 2. The largest absolute Gasteiger partial charge is 0.462 e. The predicted octanol–water partition coefficient (Wildman–Crippen LogP) is 2.92. The number of guanidine groups is 1. The highest BCUT2D eigenvalue weighted by Gasteiger charge is 2.36. The molecule has 1 unspecified atom stereocenters. The molecule has 3 rings (SSSR count). The molecule has 1 atom stereocenters. The Morgan fingerprint density at radius 3 is 2.56 bits per heavy atom. The molecule has 2 N–H and O–H groups in total. The van der Waals surface area contributed by atoms with Gasteiger partial charge in [-0.25, -0.2) is 9.79 Å². The van der Waals surface area contributed by atoms with Crippen molar-refractivity contribution in [3.05, 3.63) is 59.7 Å². The summed E-state index contributed by atoms with van der Waals surface area (Å²) in [7, 11) is 1.63. The Labute approximate surface area is 158 Å². The van der Waals surface area contributed by atoms with Crippen LogP contribution < -0.4 is 5.73 Å². The van der Waals surface area contributed by atoms with Crippen LogP contribution in [0.1, 0.15) is 36.2 Å². The Balaban J connectivity index is 1.92. The molecule has 140 valence electrons. The van der Waals surface area contributed by atoms with Gasteiger partial charge in [-0.05, 0) is 48.7 Å². The van der Waals surface area contributed by atoms with Gasteiger partial charge in [0.2, 0.25) is 5.91 Å². The van der Waals surface area contributed by atoms with Crippen LogP contribution in [-0.2, 0) is 15.1 Å². The zero-order valence-electron chi connectivity index (χ0n) is 15.7. The Bertz CT molecular complexity index is 905. The fourth-order valence-corrected chi connectivity index (χ4v) is 3.12. The third kappa shape index (κ3) is 3.69. The van der Waals surface area contributed by atoms with Gasteiger partial charge in [0.05, 0.1) is 24.1 Å². The van der Waals surface area contributed by atoms with E-state index in [1.165, 1.54) is 4.90 Å². The van der Waals surface area contributed by atoms with Gasteiger partial charge in [-0.3, -0.25) is 9.69 Å². The number of rotatable bonds is 4. The van der Waals surface area contributed by atoms with Crippen LogP contribution in [0.4, 0.5) is 0 Å². The quantitative estimate of drug-likeness (QED) is 0.844. The number of amides is 1. The summed E-state index contributed by atoms with van der Waals surface area (Å²) in [6.07, 6.45) is 0.259. The van der Waals surface area contributed by atoms with Crippen molar-refractivity contribution >= 4 is 17.8 Å². The normalized spacial score (nSPS) is 19.6. The van der Waals surface area contributed by atoms with Crippen LogP contribution >= 0.6 is 0 Å². The van der Waals surface area contributed by atoms with E-state index in [4.69, 9.17) is 10.5 Å². The maximum atomic E-state index is 12.2. The first-order valence-electron chi connectivity index (χ1n) is 8.84. The molecule has 27 heavy (non-hydrogen) atoms. The lowest BCUT2D eigenvalue weighted by atomic mass is 9.86. The smallest absolute Gasteiger partial charge is 0.338 e. The topological polar surface area (TPSA) is 85.0 Å². The molecule has 1 amide bonds. The van der Waals surface area contributed by atoms with Crippen molar-refractivity contribution in [2.45, 2.75) is 25.8 Å². The van der Waals surface area contributed by atoms with Crippen LogP contribution in [0.5, 0.6) is 0 Å². The number of ether oxygens (including phenoxy) is 1. The lowest BCUT2D eigenvalue weighted by molar-refractivity contribution is -0.128. The number of nitrogens with two attached hydrogens (primary N) is 1. The van der Waals surface area contributed by atoms with Gasteiger partial charge in [0.1, 0.15) is 0 Å². The second kappa shape index (κ2) is 7.23. The van der Waals surface area contributed by atoms with E-state index in [2.05, 4.69) is 4.99 Å². The summed E-state index contributed by atoms with van der Waals surface area (Å²) in [5.74, 6) is -0.174. The zero-order valence-corrected chi connectivity index (χ0v) is 15.7. The lowest BCUT2D eigenvalue weighted by Gasteiger charge is -2.33. The maximum absolute atomic E-state index is 12.2. The molecule has 2 aromatic rings. The van der Waals surface area contributed by atoms with E-state index in [1.807, 2.05) is 43.3 Å². The molecule has 1 aliphatic rings. The monoisotopic (exact) mass is 365 g/mol. The summed E-state index contributed by atoms with van der Waals surface area (Å²) in [4.78, 5) is 29.9. The van der Waals surface area contributed by atoms with Crippen LogP contribution in [0.3, 0.4) is 0 Å². The number of hydrogen-bond donors (Lipinski definition) is 1. The highest BCUT2D eigenvalue weighted by atomic mass is 16.5. The van der Waals surface area contributed by atoms with E-state index in [9.17, 15) is 9.59 Å². The fourth-order valence-electron chi connectivity index (χ4n) is 3.12. The van der Waals surface area contributed by atoms with Gasteiger partial charge < -0.3 is 10.5 Å². The highest BCUT2D eigenvalue weighted by molar-refractivity contribution is 5.98. The third-order valence-corrected chi connectivity index (χ3v) is 4.79. The van der Waals surface area contributed by atoms with E-state index in [0.717, 1.165) is 16.7 Å². The molecule has 0 aromatic heterocycles. The van der Waals surface area contributed by atoms with Gasteiger partial charge >= 0.3 is 5.97 Å². The SMILES string of the molecule is CCOC(=O)c1ccc(-c2cccc(C3(C)CC(=O)N(C)C(N)=N3)c2)cc1. The van der Waals surface area contributed by atoms with Crippen molar-refractivity contribution in [2.24, 2.45) is 10.7 Å². The summed E-state index contributed by atoms with van der Waals surface area (Å²) in [6.45, 7) is 4.04. The molecule has 0 radical (unpaired) electrons. The molecular weight excluding hydrogens is 342 g/mol. The molecule has 0 saturated carbocycles. The van der Waals surface area contributed by atoms with Crippen LogP contribution in [0.2, 0.25) is 0 Å². The fraction of sp³-hybridized carbons (Fsp3) is 0.286. The van der Waals surface area contributed by atoms with Crippen molar-refractivity contribution in [1.29, 1.82) is 0 Å². The Kier molecular flexibility index (Phi) is 4.99. The van der Waals surface area contributed by atoms with Gasteiger partial charge in [-0.2, -0.15) is 0 Å². The van der Waals surface area contributed by atoms with Gasteiger partial charge in [0.15, 0.2) is 5.96 Å². The third-order valence-electron chi connectivity index (χ3n) is 4.79. The van der Waals surface area contributed by atoms with Crippen molar-refractivity contribution < 1.29 is 14.3 Å². The van der Waals surface area contributed by atoms with Crippen molar-refractivity contribution in [2.75, 3.05) is 13.7 Å². The summed E-state index contributed by atoms with van der Waals surface area (Å²) in [5, 5.41) is 0. The Hall–Kier alpha value is -3.15. The number of nitrogens with zero attached hydrogens (tertiary/aromatic N) is 2. The van der Waals surface area contributed by atoms with E-state index in [-0.39, 0.29) is 24.3 Å². The van der Waals surface area contributed by atoms with Crippen molar-refractivity contribution in [1.82, 2.24) is 4.90 Å². The second-order valence-electron chi connectivity index (χ2n) is 6.75. The average molecular weight is 365 g/mol. The molecule has 6 nitrogen and oxygen atoms in total. The first-order valence-corrected chi connectivity index (χ1v) is 8.84. The molecule has 0 spiro atoms. The number of carbonyl (C=O) groups excluding carboxylic acids is 2. The summed E-state index contributed by atoms with van der Waals surface area (Å²) in [5.41, 5.74) is 8.58. The predicted molar refractivity (Wildman–Crippen MR) is 104 cm³/mol. The van der Waals surface area contributed by atoms with Crippen LogP contribution in [0, 0.1) is 0 Å². The molecule has 1 aliphatic heterocycles. The van der Waals surface area contributed by atoms with Crippen LogP contribution in [-0.4, -0.2) is 36.4 Å². The number of hydrogen-bond acceptors (Lipinski definition) is 5.